The molecule has 10 heteroatoms. The third-order valence-corrected chi connectivity index (χ3v) is 7.99. The number of aryl methyl sites for hydroxylation is 1. The Bertz CT molecular complexity index is 1270. The molecule has 0 saturated carbocycles. The van der Waals surface area contributed by atoms with Crippen molar-refractivity contribution in [3.05, 3.63) is 59.2 Å². The van der Waals surface area contributed by atoms with Gasteiger partial charge in [0.15, 0.2) is 0 Å². The van der Waals surface area contributed by atoms with Gasteiger partial charge in [-0.1, -0.05) is 0 Å². The number of anilines is 1. The molecule has 2 fully saturated rings. The van der Waals surface area contributed by atoms with Crippen LogP contribution in [0.3, 0.4) is 0 Å². The molecule has 0 unspecified atom stereocenters. The van der Waals surface area contributed by atoms with E-state index < -0.39 is 17.6 Å². The first-order valence-corrected chi connectivity index (χ1v) is 13.1. The minimum absolute atomic E-state index is 0.193. The monoisotopic (exact) mass is 514 g/mol. The molecule has 37 heavy (non-hydrogen) atoms. The zero-order valence-electron chi connectivity index (χ0n) is 20.6. The van der Waals surface area contributed by atoms with E-state index >= 15 is 0 Å². The van der Waals surface area contributed by atoms with Crippen molar-refractivity contribution in [2.24, 2.45) is 0 Å². The summed E-state index contributed by atoms with van der Waals surface area (Å²) in [4.78, 5) is 18.6. The van der Waals surface area contributed by atoms with E-state index in [2.05, 4.69) is 24.3 Å². The fraction of sp³-hybridized carbons (Fsp3) is 0.519. The van der Waals surface area contributed by atoms with Crippen LogP contribution in [0.25, 0.3) is 11.3 Å². The van der Waals surface area contributed by atoms with E-state index in [-0.39, 0.29) is 11.5 Å². The van der Waals surface area contributed by atoms with Crippen LogP contribution in [-0.4, -0.2) is 57.1 Å². The summed E-state index contributed by atoms with van der Waals surface area (Å²) in [6, 6.07) is 3.14. The molecule has 6 nitrogen and oxygen atoms in total. The summed E-state index contributed by atoms with van der Waals surface area (Å²) in [5.41, 5.74) is 1.92. The normalized spacial score (nSPS) is 18.8. The summed E-state index contributed by atoms with van der Waals surface area (Å²) < 4.78 is 56.1. The number of nitrogens with zero attached hydrogens (tertiary/aromatic N) is 6. The van der Waals surface area contributed by atoms with Crippen LogP contribution in [0.5, 0.6) is 0 Å². The molecule has 0 radical (unpaired) electrons. The highest BCUT2D eigenvalue weighted by molar-refractivity contribution is 5.60. The van der Waals surface area contributed by atoms with Gasteiger partial charge in [0.05, 0.1) is 11.3 Å². The molecule has 2 aliphatic heterocycles. The summed E-state index contributed by atoms with van der Waals surface area (Å²) in [5.74, 6) is 0.880. The Morgan fingerprint density at radius 2 is 1.76 bits per heavy atom. The highest BCUT2D eigenvalue weighted by atomic mass is 19.4. The molecule has 2 aromatic heterocycles. The van der Waals surface area contributed by atoms with Gasteiger partial charge in [0.2, 0.25) is 0 Å². The van der Waals surface area contributed by atoms with Crippen molar-refractivity contribution >= 4 is 5.82 Å². The number of likely N-dealkylation sites (tertiary alicyclic amines) is 1. The smallest absolute Gasteiger partial charge is 0.356 e. The van der Waals surface area contributed by atoms with Crippen molar-refractivity contribution in [1.29, 1.82) is 0 Å². The van der Waals surface area contributed by atoms with Crippen molar-refractivity contribution in [2.75, 3.05) is 37.6 Å². The maximum Gasteiger partial charge on any atom is 0.419 e. The Hall–Kier alpha value is -3.01. The number of rotatable bonds is 6. The van der Waals surface area contributed by atoms with E-state index in [9.17, 15) is 17.6 Å². The van der Waals surface area contributed by atoms with Crippen LogP contribution in [0.4, 0.5) is 23.4 Å². The molecule has 196 valence electrons. The molecule has 2 saturated heterocycles. The fourth-order valence-electron chi connectivity index (χ4n) is 5.79. The minimum Gasteiger partial charge on any atom is -0.356 e. The topological polar surface area (TPSA) is 50.1 Å². The molecule has 1 aliphatic carbocycles. The molecule has 6 rings (SSSR count). The second-order valence-corrected chi connectivity index (χ2v) is 10.3. The van der Waals surface area contributed by atoms with E-state index in [0.717, 1.165) is 101 Å². The quantitative estimate of drug-likeness (QED) is 0.430. The molecule has 0 amide bonds. The van der Waals surface area contributed by atoms with E-state index in [0.29, 0.717) is 5.69 Å². The number of imidazole rings is 1. The number of hydrogen-bond acceptors (Lipinski definition) is 5. The molecule has 0 spiro atoms. The number of aromatic nitrogens is 4. The number of fused-ring (bicyclic) bond motifs is 1. The van der Waals surface area contributed by atoms with Crippen molar-refractivity contribution < 1.29 is 17.6 Å². The first-order chi connectivity index (χ1) is 17.9. The van der Waals surface area contributed by atoms with Gasteiger partial charge in [-0.05, 0) is 69.8 Å². The van der Waals surface area contributed by atoms with Crippen LogP contribution in [0, 0.1) is 5.82 Å². The molecule has 3 aliphatic rings. The molecule has 0 N–H and O–H groups in total. The average molecular weight is 515 g/mol. The lowest BCUT2D eigenvalue weighted by Gasteiger charge is -2.34. The Labute approximate surface area is 213 Å². The molecule has 0 atom stereocenters. The minimum atomic E-state index is -4.75. The summed E-state index contributed by atoms with van der Waals surface area (Å²) in [6.45, 7) is 5.45. The maximum absolute atomic E-state index is 13.9. The molecule has 3 aromatic rings. The fourth-order valence-corrected chi connectivity index (χ4v) is 5.79. The zero-order valence-corrected chi connectivity index (χ0v) is 20.6. The third-order valence-electron chi connectivity index (χ3n) is 7.99. The van der Waals surface area contributed by atoms with E-state index in [1.807, 2.05) is 6.20 Å². The Morgan fingerprint density at radius 1 is 0.946 bits per heavy atom. The summed E-state index contributed by atoms with van der Waals surface area (Å²) in [5, 5.41) is 0. The van der Waals surface area contributed by atoms with Crippen molar-refractivity contribution in [3.63, 3.8) is 0 Å². The van der Waals surface area contributed by atoms with E-state index in [1.165, 1.54) is 18.1 Å². The van der Waals surface area contributed by atoms with Gasteiger partial charge in [0.25, 0.3) is 0 Å². The number of hydrogen-bond donors (Lipinski definition) is 0. The zero-order chi connectivity index (χ0) is 25.6. The van der Waals surface area contributed by atoms with Gasteiger partial charge >= 0.3 is 6.18 Å². The molecular weight excluding hydrogens is 484 g/mol. The third kappa shape index (κ3) is 4.83. The number of alkyl halides is 3. The van der Waals surface area contributed by atoms with Crippen LogP contribution in [0.1, 0.15) is 54.2 Å². The second-order valence-electron chi connectivity index (χ2n) is 10.3. The maximum atomic E-state index is 13.9. The second kappa shape index (κ2) is 9.70. The first kappa shape index (κ1) is 24.3. The van der Waals surface area contributed by atoms with Crippen molar-refractivity contribution in [2.45, 2.75) is 57.2 Å². The number of benzene rings is 1. The van der Waals surface area contributed by atoms with Crippen LogP contribution >= 0.6 is 0 Å². The standard InChI is InChI=1S/C27H30F4N6/c28-22-6-5-19(15-21(22)27(29,30)31)24-16-37(14-13-35-9-2-10-35)25(34-24)18-7-11-36(12-8-18)26-20-3-1-4-23(20)32-17-33-26/h5-6,15-18H,1-4,7-14H2. The molecular formula is C27H30F4N6. The van der Waals surface area contributed by atoms with E-state index in [4.69, 9.17) is 4.98 Å². The van der Waals surface area contributed by atoms with Gasteiger partial charge < -0.3 is 14.4 Å². The Kier molecular flexibility index (Phi) is 6.38. The van der Waals surface area contributed by atoms with E-state index in [1.54, 1.807) is 6.33 Å². The number of piperidine rings is 1. The Balaban J connectivity index is 1.25. The highest BCUT2D eigenvalue weighted by Crippen LogP contribution is 2.37. The van der Waals surface area contributed by atoms with Gasteiger partial charge in [0, 0.05) is 55.1 Å². The summed E-state index contributed by atoms with van der Waals surface area (Å²) in [6.07, 6.45) is 4.87. The van der Waals surface area contributed by atoms with Gasteiger partial charge in [-0.2, -0.15) is 13.2 Å². The van der Waals surface area contributed by atoms with Crippen molar-refractivity contribution in [1.82, 2.24) is 24.4 Å². The van der Waals surface area contributed by atoms with Gasteiger partial charge in [-0.3, -0.25) is 0 Å². The average Bonchev–Trinajstić information content (AvgIpc) is 3.50. The van der Waals surface area contributed by atoms with Gasteiger partial charge in [-0.25, -0.2) is 19.3 Å². The lowest BCUT2D eigenvalue weighted by atomic mass is 9.95. The van der Waals surface area contributed by atoms with Crippen LogP contribution in [0.15, 0.2) is 30.7 Å². The molecule has 0 bridgehead atoms. The van der Waals surface area contributed by atoms with Gasteiger partial charge in [-0.15, -0.1) is 0 Å². The van der Waals surface area contributed by atoms with Gasteiger partial charge in [0.1, 0.15) is 23.8 Å². The summed E-state index contributed by atoms with van der Waals surface area (Å²) in [7, 11) is 0. The van der Waals surface area contributed by atoms with Crippen molar-refractivity contribution in [3.8, 4) is 11.3 Å². The first-order valence-electron chi connectivity index (χ1n) is 13.1. The lowest BCUT2D eigenvalue weighted by Crippen LogP contribution is -2.39. The highest BCUT2D eigenvalue weighted by Gasteiger charge is 2.35. The van der Waals surface area contributed by atoms with Crippen LogP contribution in [0.2, 0.25) is 0 Å². The predicted octanol–water partition coefficient (Wildman–Crippen LogP) is 5.08. The Morgan fingerprint density at radius 3 is 2.49 bits per heavy atom. The molecule has 1 aromatic carbocycles. The molecule has 4 heterocycles. The largest absolute Gasteiger partial charge is 0.419 e. The lowest BCUT2D eigenvalue weighted by molar-refractivity contribution is -0.139. The predicted molar refractivity (Wildman–Crippen MR) is 132 cm³/mol. The van der Waals surface area contributed by atoms with Crippen LogP contribution < -0.4 is 4.90 Å². The SMILES string of the molecule is Fc1ccc(-c2cn(CCN3CCC3)c(C3CCN(c4ncnc5c4CCC5)CC3)n2)cc1C(F)(F)F. The van der Waals surface area contributed by atoms with Crippen LogP contribution in [-0.2, 0) is 25.6 Å². The number of halogens is 4. The summed E-state index contributed by atoms with van der Waals surface area (Å²) >= 11 is 0.